The number of aliphatic carboxylic acids is 1. The van der Waals surface area contributed by atoms with Crippen LogP contribution >= 0.6 is 11.8 Å². The van der Waals surface area contributed by atoms with E-state index < -0.39 is 12.0 Å². The van der Waals surface area contributed by atoms with Crippen LogP contribution in [0.25, 0.3) is 0 Å². The Bertz CT molecular complexity index is 303. The molecule has 0 spiro atoms. The van der Waals surface area contributed by atoms with Crippen molar-refractivity contribution in [3.63, 3.8) is 0 Å². The summed E-state index contributed by atoms with van der Waals surface area (Å²) in [7, 11) is 0. The quantitative estimate of drug-likeness (QED) is 0.573. The van der Waals surface area contributed by atoms with Crippen LogP contribution in [0.15, 0.2) is 35.2 Å². The largest absolute Gasteiger partial charge is 0.480 e. The van der Waals surface area contributed by atoms with Crippen LogP contribution in [-0.4, -0.2) is 29.4 Å². The summed E-state index contributed by atoms with van der Waals surface area (Å²) in [6, 6.07) is 9.60. The van der Waals surface area contributed by atoms with E-state index in [1.54, 1.807) is 18.7 Å². The summed E-state index contributed by atoms with van der Waals surface area (Å²) in [5, 5.41) is 11.6. The van der Waals surface area contributed by atoms with Gasteiger partial charge in [0.2, 0.25) is 0 Å². The molecule has 0 aliphatic rings. The van der Waals surface area contributed by atoms with Gasteiger partial charge in [0.05, 0.1) is 0 Å². The highest BCUT2D eigenvalue weighted by Gasteiger charge is 2.08. The van der Waals surface area contributed by atoms with Crippen LogP contribution in [-0.2, 0) is 4.79 Å². The van der Waals surface area contributed by atoms with Crippen LogP contribution in [0.3, 0.4) is 0 Å². The Balaban J connectivity index is 2.15. The van der Waals surface area contributed by atoms with Crippen molar-refractivity contribution in [2.75, 3.05) is 12.3 Å². The first-order chi connectivity index (χ1) is 7.20. The molecule has 0 aliphatic heterocycles. The highest BCUT2D eigenvalue weighted by atomic mass is 32.2. The Morgan fingerprint density at radius 2 is 2.13 bits per heavy atom. The zero-order valence-corrected chi connectivity index (χ0v) is 9.46. The van der Waals surface area contributed by atoms with Crippen molar-refractivity contribution in [3.05, 3.63) is 30.3 Å². The molecule has 0 bridgehead atoms. The van der Waals surface area contributed by atoms with E-state index in [-0.39, 0.29) is 0 Å². The lowest BCUT2D eigenvalue weighted by Crippen LogP contribution is -2.35. The van der Waals surface area contributed by atoms with Crippen LogP contribution in [0, 0.1) is 0 Å². The first-order valence-electron chi connectivity index (χ1n) is 4.84. The van der Waals surface area contributed by atoms with Crippen molar-refractivity contribution in [2.45, 2.75) is 17.9 Å². The maximum atomic E-state index is 10.5. The lowest BCUT2D eigenvalue weighted by Gasteiger charge is -2.08. The highest BCUT2D eigenvalue weighted by molar-refractivity contribution is 7.99. The number of carbonyl (C=O) groups is 1. The van der Waals surface area contributed by atoms with Gasteiger partial charge in [-0.2, -0.15) is 0 Å². The lowest BCUT2D eigenvalue weighted by atomic mass is 10.3. The Hall–Kier alpha value is -1.00. The summed E-state index contributed by atoms with van der Waals surface area (Å²) in [5.74, 6) is 0.0708. The summed E-state index contributed by atoms with van der Waals surface area (Å²) < 4.78 is 0. The molecule has 0 amide bonds. The smallest absolute Gasteiger partial charge is 0.320 e. The summed E-state index contributed by atoms with van der Waals surface area (Å²) in [6.07, 6.45) is 0. The molecule has 0 saturated carbocycles. The Morgan fingerprint density at radius 3 is 2.73 bits per heavy atom. The summed E-state index contributed by atoms with van der Waals surface area (Å²) >= 11 is 1.72. The molecule has 1 rings (SSSR count). The van der Waals surface area contributed by atoms with Crippen LogP contribution in [0.5, 0.6) is 0 Å². The normalized spacial score (nSPS) is 12.3. The number of benzene rings is 1. The van der Waals surface area contributed by atoms with E-state index in [4.69, 9.17) is 5.11 Å². The van der Waals surface area contributed by atoms with E-state index >= 15 is 0 Å². The molecule has 1 aromatic carbocycles. The molecule has 0 saturated heterocycles. The predicted molar refractivity (Wildman–Crippen MR) is 62.3 cm³/mol. The zero-order valence-electron chi connectivity index (χ0n) is 8.64. The monoisotopic (exact) mass is 225 g/mol. The molecule has 0 fully saturated rings. The number of nitrogens with one attached hydrogen (secondary N) is 1. The summed E-state index contributed by atoms with van der Waals surface area (Å²) in [4.78, 5) is 11.7. The fourth-order valence-electron chi connectivity index (χ4n) is 1.05. The minimum absolute atomic E-state index is 0.471. The fourth-order valence-corrected chi connectivity index (χ4v) is 1.85. The van der Waals surface area contributed by atoms with E-state index in [0.717, 1.165) is 5.75 Å². The molecule has 1 atom stereocenters. The van der Waals surface area contributed by atoms with Crippen LogP contribution < -0.4 is 5.32 Å². The van der Waals surface area contributed by atoms with Crippen molar-refractivity contribution in [1.29, 1.82) is 0 Å². The molecule has 2 N–H and O–H groups in total. The Kier molecular flexibility index (Phi) is 5.21. The van der Waals surface area contributed by atoms with E-state index in [9.17, 15) is 4.79 Å². The van der Waals surface area contributed by atoms with Crippen molar-refractivity contribution in [3.8, 4) is 0 Å². The maximum Gasteiger partial charge on any atom is 0.320 e. The minimum atomic E-state index is -0.806. The predicted octanol–water partition coefficient (Wildman–Crippen LogP) is 1.84. The molecule has 0 radical (unpaired) electrons. The first-order valence-corrected chi connectivity index (χ1v) is 5.83. The molecule has 15 heavy (non-hydrogen) atoms. The third kappa shape index (κ3) is 4.85. The van der Waals surface area contributed by atoms with Gasteiger partial charge in [-0.1, -0.05) is 18.2 Å². The van der Waals surface area contributed by atoms with Gasteiger partial charge < -0.3 is 10.4 Å². The van der Waals surface area contributed by atoms with E-state index in [0.29, 0.717) is 6.54 Å². The fraction of sp³-hybridized carbons (Fsp3) is 0.364. The lowest BCUT2D eigenvalue weighted by molar-refractivity contribution is -0.138. The van der Waals surface area contributed by atoms with Gasteiger partial charge >= 0.3 is 5.97 Å². The van der Waals surface area contributed by atoms with Crippen molar-refractivity contribution in [2.24, 2.45) is 0 Å². The molecule has 82 valence electrons. The Labute approximate surface area is 93.9 Å². The van der Waals surface area contributed by atoms with Gasteiger partial charge in [0.15, 0.2) is 0 Å². The summed E-state index contributed by atoms with van der Waals surface area (Å²) in [5.41, 5.74) is 0. The molecule has 0 unspecified atom stereocenters. The number of rotatable bonds is 6. The van der Waals surface area contributed by atoms with Crippen LogP contribution in [0.2, 0.25) is 0 Å². The van der Waals surface area contributed by atoms with Crippen LogP contribution in [0.4, 0.5) is 0 Å². The van der Waals surface area contributed by atoms with E-state index in [2.05, 4.69) is 5.32 Å². The molecule has 1 aromatic rings. The second kappa shape index (κ2) is 6.48. The third-order valence-corrected chi connectivity index (χ3v) is 2.95. The number of hydrogen-bond acceptors (Lipinski definition) is 3. The highest BCUT2D eigenvalue weighted by Crippen LogP contribution is 2.15. The molecule has 3 nitrogen and oxygen atoms in total. The van der Waals surface area contributed by atoms with Crippen LogP contribution in [0.1, 0.15) is 6.92 Å². The van der Waals surface area contributed by atoms with E-state index in [1.807, 2.05) is 30.3 Å². The van der Waals surface area contributed by atoms with Gasteiger partial charge in [0, 0.05) is 17.2 Å². The molecule has 0 aromatic heterocycles. The number of hydrogen-bond donors (Lipinski definition) is 2. The maximum absolute atomic E-state index is 10.5. The van der Waals surface area contributed by atoms with Gasteiger partial charge in [-0.25, -0.2) is 0 Å². The van der Waals surface area contributed by atoms with Gasteiger partial charge in [0.25, 0.3) is 0 Å². The van der Waals surface area contributed by atoms with E-state index in [1.165, 1.54) is 4.90 Å². The van der Waals surface area contributed by atoms with Gasteiger partial charge in [-0.15, -0.1) is 11.8 Å². The topological polar surface area (TPSA) is 49.3 Å². The van der Waals surface area contributed by atoms with Crippen molar-refractivity contribution < 1.29 is 9.90 Å². The SMILES string of the molecule is C[C@@H](NCCSc1ccccc1)C(=O)O. The number of thioether (sulfide) groups is 1. The van der Waals surface area contributed by atoms with Gasteiger partial charge in [-0.3, -0.25) is 4.79 Å². The second-order valence-electron chi connectivity index (χ2n) is 3.18. The average Bonchev–Trinajstić information content (AvgIpc) is 2.25. The zero-order chi connectivity index (χ0) is 11.1. The molecule has 4 heteroatoms. The van der Waals surface area contributed by atoms with Gasteiger partial charge in [0.1, 0.15) is 6.04 Å². The van der Waals surface area contributed by atoms with Crippen molar-refractivity contribution in [1.82, 2.24) is 5.32 Å². The second-order valence-corrected chi connectivity index (χ2v) is 4.34. The Morgan fingerprint density at radius 1 is 1.47 bits per heavy atom. The summed E-state index contributed by atoms with van der Waals surface area (Å²) in [6.45, 7) is 2.35. The first kappa shape index (κ1) is 12.1. The molecular formula is C11H15NO2S. The van der Waals surface area contributed by atoms with Gasteiger partial charge in [-0.05, 0) is 19.1 Å². The minimum Gasteiger partial charge on any atom is -0.480 e. The third-order valence-electron chi connectivity index (χ3n) is 1.93. The standard InChI is InChI=1S/C11H15NO2S/c1-9(11(13)14)12-7-8-15-10-5-3-2-4-6-10/h2-6,9,12H,7-8H2,1H3,(H,13,14)/t9-/m1/s1. The van der Waals surface area contributed by atoms with Crippen molar-refractivity contribution >= 4 is 17.7 Å². The number of carboxylic acids is 1. The molecule has 0 aliphatic carbocycles. The molecular weight excluding hydrogens is 210 g/mol. The molecule has 0 heterocycles. The number of carboxylic acid groups (broad SMARTS) is 1. The average molecular weight is 225 g/mol.